The van der Waals surface area contributed by atoms with Gasteiger partial charge in [-0.2, -0.15) is 0 Å². The van der Waals surface area contributed by atoms with Crippen molar-refractivity contribution in [2.24, 2.45) is 5.41 Å². The fourth-order valence-corrected chi connectivity index (χ4v) is 4.89. The number of hydrogen-bond acceptors (Lipinski definition) is 5. The Hall–Kier alpha value is -2.95. The molecule has 0 saturated carbocycles. The summed E-state index contributed by atoms with van der Waals surface area (Å²) in [5.74, 6) is -2.51. The zero-order valence-electron chi connectivity index (χ0n) is 22.6. The van der Waals surface area contributed by atoms with Crippen molar-refractivity contribution in [1.29, 1.82) is 0 Å². The average Bonchev–Trinajstić information content (AvgIpc) is 3.39. The molecule has 2 saturated heterocycles. The van der Waals surface area contributed by atoms with Crippen molar-refractivity contribution in [3.63, 3.8) is 0 Å². The lowest BCUT2D eigenvalue weighted by atomic mass is 9.85. The minimum absolute atomic E-state index is 0.0918. The number of halogens is 2. The number of ether oxygens (including phenoxy) is 1. The summed E-state index contributed by atoms with van der Waals surface area (Å²) in [5.41, 5.74) is -0.595. The van der Waals surface area contributed by atoms with Crippen LogP contribution in [0.4, 0.5) is 13.6 Å². The Morgan fingerprint density at radius 2 is 1.73 bits per heavy atom. The summed E-state index contributed by atoms with van der Waals surface area (Å²) in [7, 11) is 1.67. The number of benzene rings is 1. The van der Waals surface area contributed by atoms with E-state index in [1.54, 1.807) is 23.8 Å². The van der Waals surface area contributed by atoms with Crippen molar-refractivity contribution in [3.8, 4) is 5.75 Å². The van der Waals surface area contributed by atoms with Gasteiger partial charge in [0.2, 0.25) is 11.8 Å². The van der Waals surface area contributed by atoms with Gasteiger partial charge in [0.25, 0.3) is 0 Å². The first-order valence-electron chi connectivity index (χ1n) is 12.7. The third kappa shape index (κ3) is 6.31. The smallest absolute Gasteiger partial charge is 0.318 e. The van der Waals surface area contributed by atoms with Gasteiger partial charge in [-0.05, 0) is 51.8 Å². The van der Waals surface area contributed by atoms with Crippen LogP contribution in [0.1, 0.15) is 48.0 Å². The van der Waals surface area contributed by atoms with Crippen LogP contribution in [0.2, 0.25) is 0 Å². The quantitative estimate of drug-likeness (QED) is 0.509. The van der Waals surface area contributed by atoms with E-state index >= 15 is 0 Å². The predicted molar refractivity (Wildman–Crippen MR) is 135 cm³/mol. The minimum Gasteiger partial charge on any atom is -0.486 e. The van der Waals surface area contributed by atoms with E-state index < -0.39 is 41.3 Å². The number of nitrogens with zero attached hydrogens (tertiary/aromatic N) is 2. The minimum atomic E-state index is -1.05. The third-order valence-corrected chi connectivity index (χ3v) is 6.94. The molecule has 0 spiro atoms. The second-order valence-corrected chi connectivity index (χ2v) is 11.2. The lowest BCUT2D eigenvalue weighted by molar-refractivity contribution is -0.141. The molecule has 4 amide bonds. The van der Waals surface area contributed by atoms with Crippen LogP contribution < -0.4 is 20.7 Å². The first-order valence-corrected chi connectivity index (χ1v) is 12.7. The van der Waals surface area contributed by atoms with Crippen molar-refractivity contribution in [2.45, 2.75) is 84.3 Å². The van der Waals surface area contributed by atoms with Crippen LogP contribution >= 0.6 is 0 Å². The molecule has 3 rings (SSSR count). The van der Waals surface area contributed by atoms with E-state index in [0.29, 0.717) is 13.0 Å². The molecule has 0 aromatic heterocycles. The summed E-state index contributed by atoms with van der Waals surface area (Å²) in [5, 5.41) is 8.65. The zero-order chi connectivity index (χ0) is 27.7. The van der Waals surface area contributed by atoms with Gasteiger partial charge in [-0.25, -0.2) is 13.6 Å². The maximum absolute atomic E-state index is 13.9. The van der Waals surface area contributed by atoms with E-state index in [1.165, 1.54) is 6.07 Å². The van der Waals surface area contributed by atoms with Crippen LogP contribution in [0.3, 0.4) is 0 Å². The Morgan fingerprint density at radius 3 is 2.30 bits per heavy atom. The highest BCUT2D eigenvalue weighted by Crippen LogP contribution is 2.36. The second kappa shape index (κ2) is 11.2. The Balaban J connectivity index is 1.92. The normalized spacial score (nSPS) is 23.0. The average molecular weight is 524 g/mol. The number of fused-ring (bicyclic) bond motifs is 1. The van der Waals surface area contributed by atoms with Gasteiger partial charge < -0.3 is 30.5 Å². The molecular formula is C26H39F2N5O4. The fraction of sp³-hybridized carbons (Fsp3) is 0.654. The van der Waals surface area contributed by atoms with E-state index in [-0.39, 0.29) is 42.2 Å². The van der Waals surface area contributed by atoms with Crippen molar-refractivity contribution < 1.29 is 27.9 Å². The Bertz CT molecular complexity index is 1020. The van der Waals surface area contributed by atoms with Crippen molar-refractivity contribution in [1.82, 2.24) is 25.8 Å². The van der Waals surface area contributed by atoms with Crippen LogP contribution in [0, 0.1) is 17.0 Å². The van der Waals surface area contributed by atoms with Gasteiger partial charge in [0.05, 0.1) is 24.7 Å². The van der Waals surface area contributed by atoms with Crippen molar-refractivity contribution in [3.05, 3.63) is 29.8 Å². The molecule has 206 valence electrons. The van der Waals surface area contributed by atoms with Crippen LogP contribution in [0.5, 0.6) is 5.75 Å². The number of rotatable bonds is 7. The fourth-order valence-electron chi connectivity index (χ4n) is 4.89. The molecule has 9 nitrogen and oxygen atoms in total. The zero-order valence-corrected chi connectivity index (χ0v) is 22.6. The highest BCUT2D eigenvalue weighted by atomic mass is 19.2. The molecule has 11 heteroatoms. The van der Waals surface area contributed by atoms with E-state index in [9.17, 15) is 23.2 Å². The van der Waals surface area contributed by atoms with Crippen molar-refractivity contribution in [2.75, 3.05) is 20.1 Å². The number of urea groups is 1. The van der Waals surface area contributed by atoms with Crippen molar-refractivity contribution >= 4 is 17.8 Å². The summed E-state index contributed by atoms with van der Waals surface area (Å²) in [6, 6.07) is 0.721. The SMILES string of the molecule is CN[C@@H](C)C(=O)N[C@H](C(=O)N1CC[C@@H]2[C@H]1[C@@H](Oc1ccc(F)c(F)c1)CN2C(=O)NC(C)C)C(C)(C)C. The van der Waals surface area contributed by atoms with E-state index in [4.69, 9.17) is 4.74 Å². The molecule has 2 heterocycles. The highest BCUT2D eigenvalue weighted by Gasteiger charge is 2.54. The maximum Gasteiger partial charge on any atom is 0.318 e. The molecule has 1 aromatic carbocycles. The number of carbonyl (C=O) groups excluding carboxylic acids is 3. The standard InChI is InChI=1S/C26H39F2N5O4/c1-14(2)30-25(36)33-13-20(37-16-8-9-17(27)18(28)12-16)21-19(33)10-11-32(21)24(35)22(26(4,5)6)31-23(34)15(3)29-7/h8-9,12,14-15,19-22,29H,10-11,13H2,1-7H3,(H,30,36)(H,31,34)/t15-,19+,20-,21-,22+/m0/s1. The second-order valence-electron chi connectivity index (χ2n) is 11.2. The summed E-state index contributed by atoms with van der Waals surface area (Å²) in [6.07, 6.45) is -0.149. The molecule has 2 fully saturated rings. The third-order valence-electron chi connectivity index (χ3n) is 6.94. The molecule has 5 atom stereocenters. The van der Waals surface area contributed by atoms with Gasteiger partial charge in [-0.15, -0.1) is 0 Å². The van der Waals surface area contributed by atoms with Gasteiger partial charge in [0, 0.05) is 18.7 Å². The molecule has 2 aliphatic rings. The number of amides is 4. The molecule has 2 aliphatic heterocycles. The lowest BCUT2D eigenvalue weighted by Crippen LogP contribution is -2.59. The summed E-state index contributed by atoms with van der Waals surface area (Å²) in [4.78, 5) is 42.9. The number of likely N-dealkylation sites (N-methyl/N-ethyl adjacent to an activating group) is 1. The topological polar surface area (TPSA) is 103 Å². The maximum atomic E-state index is 13.9. The first-order chi connectivity index (χ1) is 17.2. The van der Waals surface area contributed by atoms with Crippen LogP contribution in [-0.4, -0.2) is 84.1 Å². The van der Waals surface area contributed by atoms with Crippen LogP contribution in [0.25, 0.3) is 0 Å². The number of likely N-dealkylation sites (tertiary alicyclic amines) is 2. The number of nitrogens with one attached hydrogen (secondary N) is 3. The van der Waals surface area contributed by atoms with Gasteiger partial charge >= 0.3 is 6.03 Å². The highest BCUT2D eigenvalue weighted by molar-refractivity contribution is 5.90. The molecule has 37 heavy (non-hydrogen) atoms. The van der Waals surface area contributed by atoms with Gasteiger partial charge in [-0.1, -0.05) is 20.8 Å². The van der Waals surface area contributed by atoms with E-state index in [0.717, 1.165) is 12.1 Å². The Labute approximate surface area is 217 Å². The molecule has 3 N–H and O–H groups in total. The van der Waals surface area contributed by atoms with E-state index in [1.807, 2.05) is 34.6 Å². The number of carbonyl (C=O) groups is 3. The monoisotopic (exact) mass is 523 g/mol. The molecule has 0 bridgehead atoms. The van der Waals surface area contributed by atoms with Gasteiger partial charge in [0.15, 0.2) is 11.6 Å². The first kappa shape index (κ1) is 28.6. The number of hydrogen-bond donors (Lipinski definition) is 3. The van der Waals surface area contributed by atoms with Gasteiger partial charge in [0.1, 0.15) is 17.9 Å². The molecular weight excluding hydrogens is 484 g/mol. The van der Waals surface area contributed by atoms with Crippen LogP contribution in [-0.2, 0) is 9.59 Å². The lowest BCUT2D eigenvalue weighted by Gasteiger charge is -2.37. The summed E-state index contributed by atoms with van der Waals surface area (Å²) >= 11 is 0. The molecule has 1 aromatic rings. The Morgan fingerprint density at radius 1 is 1.05 bits per heavy atom. The molecule has 0 aliphatic carbocycles. The predicted octanol–water partition coefficient (Wildman–Crippen LogP) is 2.25. The largest absolute Gasteiger partial charge is 0.486 e. The van der Waals surface area contributed by atoms with Crippen LogP contribution in [0.15, 0.2) is 18.2 Å². The van der Waals surface area contributed by atoms with E-state index in [2.05, 4.69) is 16.0 Å². The summed E-state index contributed by atoms with van der Waals surface area (Å²) < 4.78 is 33.4. The molecule has 0 unspecified atom stereocenters. The molecule has 0 radical (unpaired) electrons. The van der Waals surface area contributed by atoms with Gasteiger partial charge in [-0.3, -0.25) is 9.59 Å². The summed E-state index contributed by atoms with van der Waals surface area (Å²) in [6.45, 7) is 11.6. The Kier molecular flexibility index (Phi) is 8.66.